The van der Waals surface area contributed by atoms with Crippen LogP contribution >= 0.6 is 0 Å². The molecule has 2 aromatic carbocycles. The summed E-state index contributed by atoms with van der Waals surface area (Å²) in [5, 5.41) is 0. The Morgan fingerprint density at radius 2 is 1.43 bits per heavy atom. The van der Waals surface area contributed by atoms with Crippen molar-refractivity contribution in [2.24, 2.45) is 0 Å². The van der Waals surface area contributed by atoms with Crippen LogP contribution in [0.15, 0.2) is 30.3 Å². The normalized spacial score (nSPS) is 9.38. The standard InChI is InChI=1S/C9H13N.C9H12N.K/c1-6-4-7(2)9(10)8(3)5-6;1-3-8-4-5-9(10)7(2)6-8;/h4-5H,10H2,1-3H3;4-6,10H,3H2,1-2H3;/q;-1;+1. The number of nitrogens with one attached hydrogen (secondary N) is 1. The van der Waals surface area contributed by atoms with Gasteiger partial charge in [-0.2, -0.15) is 0 Å². The van der Waals surface area contributed by atoms with Gasteiger partial charge in [0.25, 0.3) is 0 Å². The van der Waals surface area contributed by atoms with Gasteiger partial charge in [0, 0.05) is 5.69 Å². The van der Waals surface area contributed by atoms with Gasteiger partial charge in [-0.1, -0.05) is 48.4 Å². The van der Waals surface area contributed by atoms with Crippen molar-refractivity contribution in [2.45, 2.75) is 41.0 Å². The summed E-state index contributed by atoms with van der Waals surface area (Å²) in [6, 6.07) is 10.1. The molecule has 3 heteroatoms. The first kappa shape index (κ1) is 20.7. The van der Waals surface area contributed by atoms with Gasteiger partial charge >= 0.3 is 51.4 Å². The smallest absolute Gasteiger partial charge is 0.699 e. The molecule has 3 N–H and O–H groups in total. The summed E-state index contributed by atoms with van der Waals surface area (Å²) < 4.78 is 0. The Kier molecular flexibility index (Phi) is 9.50. The van der Waals surface area contributed by atoms with Gasteiger partial charge in [-0.05, 0) is 50.8 Å². The number of hydrogen-bond acceptors (Lipinski definition) is 1. The summed E-state index contributed by atoms with van der Waals surface area (Å²) in [5.74, 6) is 0. The molecule has 0 aliphatic rings. The van der Waals surface area contributed by atoms with Crippen LogP contribution in [0.25, 0.3) is 5.73 Å². The molecule has 0 heterocycles. The van der Waals surface area contributed by atoms with Crippen molar-refractivity contribution in [1.29, 1.82) is 0 Å². The molecule has 0 amide bonds. The van der Waals surface area contributed by atoms with Crippen LogP contribution < -0.4 is 57.1 Å². The molecular weight excluding hydrogens is 283 g/mol. The first-order chi connectivity index (χ1) is 9.35. The summed E-state index contributed by atoms with van der Waals surface area (Å²) >= 11 is 0. The van der Waals surface area contributed by atoms with Crippen molar-refractivity contribution >= 4 is 11.4 Å². The third-order valence-corrected chi connectivity index (χ3v) is 3.44. The zero-order chi connectivity index (χ0) is 15.3. The molecule has 0 atom stereocenters. The van der Waals surface area contributed by atoms with E-state index in [1.54, 1.807) is 0 Å². The van der Waals surface area contributed by atoms with Gasteiger partial charge in [0.15, 0.2) is 0 Å². The van der Waals surface area contributed by atoms with Crippen LogP contribution in [0, 0.1) is 27.7 Å². The molecule has 21 heavy (non-hydrogen) atoms. The Morgan fingerprint density at radius 1 is 0.905 bits per heavy atom. The van der Waals surface area contributed by atoms with Crippen LogP contribution in [-0.2, 0) is 6.42 Å². The molecule has 0 radical (unpaired) electrons. The molecule has 108 valence electrons. The monoisotopic (exact) mass is 308 g/mol. The minimum absolute atomic E-state index is 0. The second-order valence-corrected chi connectivity index (χ2v) is 5.32. The molecule has 0 aromatic heterocycles. The largest absolute Gasteiger partial charge is 1.00 e. The van der Waals surface area contributed by atoms with Gasteiger partial charge in [-0.3, -0.25) is 0 Å². The van der Waals surface area contributed by atoms with Crippen LogP contribution in [0.1, 0.15) is 34.7 Å². The van der Waals surface area contributed by atoms with E-state index in [9.17, 15) is 0 Å². The molecule has 0 saturated carbocycles. The van der Waals surface area contributed by atoms with Crippen LogP contribution in [0.4, 0.5) is 11.4 Å². The molecule has 0 unspecified atom stereocenters. The summed E-state index contributed by atoms with van der Waals surface area (Å²) in [6.07, 6.45) is 1.06. The second kappa shape index (κ2) is 9.64. The average Bonchev–Trinajstić information content (AvgIpc) is 2.40. The summed E-state index contributed by atoms with van der Waals surface area (Å²) in [4.78, 5) is 0. The predicted octanol–water partition coefficient (Wildman–Crippen LogP) is 2.44. The predicted molar refractivity (Wildman–Crippen MR) is 89.6 cm³/mol. The van der Waals surface area contributed by atoms with Crippen LogP contribution in [-0.4, -0.2) is 0 Å². The fourth-order valence-electron chi connectivity index (χ4n) is 2.14. The zero-order valence-corrected chi connectivity index (χ0v) is 17.3. The fraction of sp³-hybridized carbons (Fsp3) is 0.333. The Bertz CT molecular complexity index is 569. The zero-order valence-electron chi connectivity index (χ0n) is 14.2. The third kappa shape index (κ3) is 6.53. The number of aryl methyl sites for hydroxylation is 5. The summed E-state index contributed by atoms with van der Waals surface area (Å²) in [6.45, 7) is 10.3. The van der Waals surface area contributed by atoms with Gasteiger partial charge in [0.1, 0.15) is 0 Å². The number of anilines is 1. The molecule has 2 aromatic rings. The van der Waals surface area contributed by atoms with Crippen LogP contribution in [0.2, 0.25) is 0 Å². The first-order valence-corrected chi connectivity index (χ1v) is 6.99. The van der Waals surface area contributed by atoms with E-state index in [2.05, 4.69) is 32.0 Å². The van der Waals surface area contributed by atoms with Gasteiger partial charge in [-0.25, -0.2) is 0 Å². The van der Waals surface area contributed by atoms with Crippen molar-refractivity contribution in [1.82, 2.24) is 0 Å². The number of nitrogen functional groups attached to an aromatic ring is 1. The van der Waals surface area contributed by atoms with Crippen molar-refractivity contribution in [2.75, 3.05) is 5.73 Å². The molecular formula is C18H25KN2. The molecule has 2 rings (SSSR count). The van der Waals surface area contributed by atoms with Crippen molar-refractivity contribution in [3.8, 4) is 0 Å². The Labute approximate surface area is 171 Å². The molecule has 0 fully saturated rings. The Hall–Kier alpha value is -0.324. The SMILES string of the molecule is CCc1ccc([NH-])c(C)c1.Cc1cc(C)c(N)c(C)c1.[K+]. The van der Waals surface area contributed by atoms with Crippen molar-refractivity contribution < 1.29 is 51.4 Å². The van der Waals surface area contributed by atoms with E-state index in [-0.39, 0.29) is 51.4 Å². The van der Waals surface area contributed by atoms with Crippen LogP contribution in [0.3, 0.4) is 0 Å². The fourth-order valence-corrected chi connectivity index (χ4v) is 2.14. The molecule has 0 bridgehead atoms. The van der Waals surface area contributed by atoms with Gasteiger partial charge in [0.2, 0.25) is 0 Å². The van der Waals surface area contributed by atoms with Gasteiger partial charge in [0.05, 0.1) is 0 Å². The Morgan fingerprint density at radius 3 is 1.86 bits per heavy atom. The number of benzene rings is 2. The summed E-state index contributed by atoms with van der Waals surface area (Å²) in [5.41, 5.74) is 20.7. The third-order valence-electron chi connectivity index (χ3n) is 3.44. The number of rotatable bonds is 1. The van der Waals surface area contributed by atoms with Gasteiger partial charge in [-0.15, -0.1) is 5.69 Å². The van der Waals surface area contributed by atoms with E-state index in [4.69, 9.17) is 11.5 Å². The van der Waals surface area contributed by atoms with Gasteiger partial charge < -0.3 is 11.5 Å². The maximum absolute atomic E-state index is 7.39. The topological polar surface area (TPSA) is 49.8 Å². The van der Waals surface area contributed by atoms with Crippen molar-refractivity contribution in [3.05, 3.63) is 63.9 Å². The van der Waals surface area contributed by atoms with Crippen LogP contribution in [0.5, 0.6) is 0 Å². The average molecular weight is 309 g/mol. The first-order valence-electron chi connectivity index (χ1n) is 6.99. The van der Waals surface area contributed by atoms with E-state index < -0.39 is 0 Å². The van der Waals surface area contributed by atoms with E-state index in [1.165, 1.54) is 22.3 Å². The number of nitrogens with two attached hydrogens (primary N) is 1. The van der Waals surface area contributed by atoms with E-state index >= 15 is 0 Å². The molecule has 2 nitrogen and oxygen atoms in total. The maximum Gasteiger partial charge on any atom is 1.00 e. The minimum atomic E-state index is 0. The Balaban J connectivity index is 0.000000364. The molecule has 0 spiro atoms. The maximum atomic E-state index is 7.39. The molecule has 0 aliphatic heterocycles. The van der Waals surface area contributed by atoms with Crippen molar-refractivity contribution in [3.63, 3.8) is 0 Å². The summed E-state index contributed by atoms with van der Waals surface area (Å²) in [7, 11) is 0. The molecule has 0 saturated heterocycles. The minimum Gasteiger partial charge on any atom is -0.699 e. The quantitative estimate of drug-likeness (QED) is 0.638. The second-order valence-electron chi connectivity index (χ2n) is 5.32. The molecule has 0 aliphatic carbocycles. The number of hydrogen-bond donors (Lipinski definition) is 1. The van der Waals surface area contributed by atoms with E-state index in [1.807, 2.05) is 32.9 Å². The van der Waals surface area contributed by atoms with E-state index in [0.29, 0.717) is 5.69 Å². The van der Waals surface area contributed by atoms with E-state index in [0.717, 1.165) is 17.7 Å².